The minimum Gasteiger partial charge on any atom is -0.393 e. The van der Waals surface area contributed by atoms with Gasteiger partial charge >= 0.3 is 0 Å². The van der Waals surface area contributed by atoms with Gasteiger partial charge in [0.2, 0.25) is 0 Å². The molecule has 0 spiro atoms. The van der Waals surface area contributed by atoms with Crippen LogP contribution in [0.1, 0.15) is 120 Å². The summed E-state index contributed by atoms with van der Waals surface area (Å²) in [6.07, 6.45) is 9.41. The Balaban J connectivity index is 1.62. The molecule has 0 aromatic heterocycles. The Labute approximate surface area is 246 Å². The summed E-state index contributed by atoms with van der Waals surface area (Å²) in [5, 5.41) is 46.4. The zero-order valence-electron chi connectivity index (χ0n) is 27.3. The van der Waals surface area contributed by atoms with Crippen LogP contribution in [0.5, 0.6) is 0 Å². The quantitative estimate of drug-likeness (QED) is 0.294. The van der Waals surface area contributed by atoms with Crippen LogP contribution in [-0.4, -0.2) is 44.8 Å². The van der Waals surface area contributed by atoms with Gasteiger partial charge in [-0.05, 0) is 110 Å². The largest absolute Gasteiger partial charge is 0.393 e. The fourth-order valence-electron chi connectivity index (χ4n) is 13.5. The molecule has 0 amide bonds. The molecule has 0 aromatic rings. The lowest BCUT2D eigenvalue weighted by atomic mass is 9.29. The zero-order valence-corrected chi connectivity index (χ0v) is 27.3. The molecule has 0 radical (unpaired) electrons. The van der Waals surface area contributed by atoms with Crippen molar-refractivity contribution >= 4 is 0 Å². The van der Waals surface area contributed by atoms with Crippen molar-refractivity contribution in [3.05, 3.63) is 0 Å². The molecular formula is C36H64O4. The van der Waals surface area contributed by atoms with Crippen LogP contribution in [0, 0.1) is 81.3 Å². The lowest BCUT2D eigenvalue weighted by Crippen LogP contribution is -2.75. The van der Waals surface area contributed by atoms with Crippen LogP contribution in [-0.2, 0) is 0 Å². The summed E-state index contributed by atoms with van der Waals surface area (Å²) in [5.41, 5.74) is -0.486. The van der Waals surface area contributed by atoms with Crippen LogP contribution in [0.25, 0.3) is 0 Å². The normalized spacial score (nSPS) is 56.6. The molecule has 4 heteroatoms. The molecule has 4 nitrogen and oxygen atoms in total. The predicted molar refractivity (Wildman–Crippen MR) is 162 cm³/mol. The molecule has 17 atom stereocenters. The summed E-state index contributed by atoms with van der Waals surface area (Å²) in [7, 11) is 0. The van der Waals surface area contributed by atoms with E-state index in [2.05, 4.69) is 48.5 Å². The molecule has 5 aliphatic carbocycles. The summed E-state index contributed by atoms with van der Waals surface area (Å²) in [5.74, 6) is 3.35. The van der Waals surface area contributed by atoms with Crippen molar-refractivity contribution in [1.82, 2.24) is 0 Å². The maximum absolute atomic E-state index is 12.6. The Hall–Kier alpha value is -0.160. The zero-order chi connectivity index (χ0) is 29.5. The van der Waals surface area contributed by atoms with E-state index >= 15 is 0 Å². The van der Waals surface area contributed by atoms with E-state index in [4.69, 9.17) is 0 Å². The molecule has 4 N–H and O–H groups in total. The molecule has 40 heavy (non-hydrogen) atoms. The third-order valence-corrected chi connectivity index (χ3v) is 15.9. The van der Waals surface area contributed by atoms with E-state index in [1.807, 2.05) is 13.8 Å². The van der Waals surface area contributed by atoms with Crippen molar-refractivity contribution in [3.63, 3.8) is 0 Å². The molecule has 0 bridgehead atoms. The first kappa shape index (κ1) is 31.3. The van der Waals surface area contributed by atoms with Crippen LogP contribution in [0.2, 0.25) is 0 Å². The highest BCUT2D eigenvalue weighted by atomic mass is 16.3. The smallest absolute Gasteiger partial charge is 0.0657 e. The fourth-order valence-corrected chi connectivity index (χ4v) is 13.5. The third kappa shape index (κ3) is 4.18. The van der Waals surface area contributed by atoms with Gasteiger partial charge in [-0.15, -0.1) is 0 Å². The van der Waals surface area contributed by atoms with Crippen LogP contribution < -0.4 is 0 Å². The van der Waals surface area contributed by atoms with Crippen molar-refractivity contribution < 1.29 is 20.4 Å². The number of fused-ring (bicyclic) bond motifs is 3. The van der Waals surface area contributed by atoms with Gasteiger partial charge in [0.15, 0.2) is 0 Å². The van der Waals surface area contributed by atoms with Gasteiger partial charge in [0.1, 0.15) is 0 Å². The highest BCUT2D eigenvalue weighted by Gasteiger charge is 2.74. The van der Waals surface area contributed by atoms with E-state index in [1.54, 1.807) is 0 Å². The Bertz CT molecular complexity index is 897. The first-order chi connectivity index (χ1) is 18.6. The van der Waals surface area contributed by atoms with Gasteiger partial charge in [-0.3, -0.25) is 0 Å². The third-order valence-electron chi connectivity index (χ3n) is 15.9. The first-order valence-corrected chi connectivity index (χ1v) is 17.4. The summed E-state index contributed by atoms with van der Waals surface area (Å²) < 4.78 is 0. The molecule has 0 aliphatic heterocycles. The number of rotatable bonds is 5. The molecule has 5 rings (SSSR count). The van der Waals surface area contributed by atoms with Gasteiger partial charge < -0.3 is 20.4 Å². The SMILES string of the molecule is CC(O)C1CCC2C(C1C)C(O)C1C(C)C3(C)C(O)C(C(C)O)C(C)CC3(C)C(C)C1(C)C2CCC1CCCC1. The van der Waals surface area contributed by atoms with E-state index < -0.39 is 23.7 Å². The second-order valence-corrected chi connectivity index (χ2v) is 17.0. The minimum atomic E-state index is -0.598. The summed E-state index contributed by atoms with van der Waals surface area (Å²) in [6, 6.07) is 0. The van der Waals surface area contributed by atoms with Crippen LogP contribution in [0.4, 0.5) is 0 Å². The van der Waals surface area contributed by atoms with Gasteiger partial charge in [0, 0.05) is 11.3 Å². The molecule has 5 aliphatic rings. The summed E-state index contributed by atoms with van der Waals surface area (Å²) in [4.78, 5) is 0. The highest BCUT2D eigenvalue weighted by Crippen LogP contribution is 2.76. The molecule has 5 fully saturated rings. The minimum absolute atomic E-state index is 0.0125. The van der Waals surface area contributed by atoms with Gasteiger partial charge in [-0.2, -0.15) is 0 Å². The van der Waals surface area contributed by atoms with Crippen molar-refractivity contribution in [2.45, 2.75) is 145 Å². The van der Waals surface area contributed by atoms with E-state index in [1.165, 1.54) is 38.5 Å². The number of aliphatic hydroxyl groups is 4. The summed E-state index contributed by atoms with van der Waals surface area (Å²) in [6.45, 7) is 20.6. The lowest BCUT2D eigenvalue weighted by Gasteiger charge is -2.76. The Morgan fingerprint density at radius 1 is 0.825 bits per heavy atom. The lowest BCUT2D eigenvalue weighted by molar-refractivity contribution is -0.318. The molecule has 0 saturated heterocycles. The summed E-state index contributed by atoms with van der Waals surface area (Å²) >= 11 is 0. The molecular weight excluding hydrogens is 496 g/mol. The van der Waals surface area contributed by atoms with Crippen molar-refractivity contribution in [2.24, 2.45) is 81.3 Å². The second kappa shape index (κ2) is 10.8. The maximum atomic E-state index is 12.6. The Morgan fingerprint density at radius 3 is 2.02 bits per heavy atom. The monoisotopic (exact) mass is 560 g/mol. The molecule has 232 valence electrons. The van der Waals surface area contributed by atoms with Crippen molar-refractivity contribution in [3.8, 4) is 0 Å². The van der Waals surface area contributed by atoms with E-state index in [0.717, 1.165) is 25.2 Å². The number of aliphatic hydroxyl groups excluding tert-OH is 4. The van der Waals surface area contributed by atoms with Gasteiger partial charge in [-0.1, -0.05) is 80.6 Å². The van der Waals surface area contributed by atoms with Gasteiger partial charge in [0.05, 0.1) is 24.4 Å². The van der Waals surface area contributed by atoms with E-state index in [-0.39, 0.29) is 58.4 Å². The van der Waals surface area contributed by atoms with Crippen LogP contribution >= 0.6 is 0 Å². The average molecular weight is 561 g/mol. The second-order valence-electron chi connectivity index (χ2n) is 17.0. The van der Waals surface area contributed by atoms with Crippen LogP contribution in [0.3, 0.4) is 0 Å². The topological polar surface area (TPSA) is 80.9 Å². The molecule has 5 saturated carbocycles. The maximum Gasteiger partial charge on any atom is 0.0657 e. The van der Waals surface area contributed by atoms with E-state index in [0.29, 0.717) is 17.8 Å². The van der Waals surface area contributed by atoms with Gasteiger partial charge in [0.25, 0.3) is 0 Å². The van der Waals surface area contributed by atoms with Crippen molar-refractivity contribution in [2.75, 3.05) is 0 Å². The predicted octanol–water partition coefficient (Wildman–Crippen LogP) is 6.93. The van der Waals surface area contributed by atoms with Gasteiger partial charge in [-0.25, -0.2) is 0 Å². The van der Waals surface area contributed by atoms with Crippen molar-refractivity contribution in [1.29, 1.82) is 0 Å². The molecule has 0 heterocycles. The first-order valence-electron chi connectivity index (χ1n) is 17.4. The molecule has 0 aromatic carbocycles. The Morgan fingerprint density at radius 2 is 1.45 bits per heavy atom. The Kier molecular flexibility index (Phi) is 8.42. The standard InChI is InChI=1S/C36H64O4/c1-19-18-34(7)24(6)35(8)28(17-14-25-12-10-11-13-25)27-16-15-26(22(4)37)20(2)30(27)32(39)31(35)21(3)36(34,9)33(40)29(19)23(5)38/h19-33,37-40H,10-18H2,1-9H3. The fraction of sp³-hybridized carbons (Fsp3) is 1.00. The van der Waals surface area contributed by atoms with E-state index in [9.17, 15) is 20.4 Å². The van der Waals surface area contributed by atoms with Crippen LogP contribution in [0.15, 0.2) is 0 Å². The number of hydrogen-bond donors (Lipinski definition) is 4. The average Bonchev–Trinajstić information content (AvgIpc) is 3.39. The highest BCUT2D eigenvalue weighted by molar-refractivity contribution is 5.22. The molecule has 17 unspecified atom stereocenters. The number of hydrogen-bond acceptors (Lipinski definition) is 4.